The van der Waals surface area contributed by atoms with E-state index in [-0.39, 0.29) is 11.9 Å². The summed E-state index contributed by atoms with van der Waals surface area (Å²) in [5.41, 5.74) is 3.17. The van der Waals surface area contributed by atoms with E-state index < -0.39 is 12.1 Å². The maximum absolute atomic E-state index is 12.5. The van der Waals surface area contributed by atoms with Crippen LogP contribution in [0.5, 0.6) is 0 Å². The van der Waals surface area contributed by atoms with Crippen LogP contribution in [0.4, 0.5) is 0 Å². The van der Waals surface area contributed by atoms with Gasteiger partial charge in [-0.25, -0.2) is 4.79 Å². The number of fused-ring (bicyclic) bond motifs is 1. The van der Waals surface area contributed by atoms with Crippen LogP contribution in [-0.4, -0.2) is 24.3 Å². The molecule has 5 heteroatoms. The molecule has 0 saturated carbocycles. The molecule has 1 N–H and O–H groups in total. The average Bonchev–Trinajstić information content (AvgIpc) is 2.68. The summed E-state index contributed by atoms with van der Waals surface area (Å²) in [6, 6.07) is 14.1. The molecule has 2 aromatic carbocycles. The first-order chi connectivity index (χ1) is 12.6. The van der Waals surface area contributed by atoms with Gasteiger partial charge in [-0.3, -0.25) is 9.59 Å². The van der Waals surface area contributed by atoms with Crippen LogP contribution >= 0.6 is 0 Å². The van der Waals surface area contributed by atoms with Crippen molar-refractivity contribution in [2.24, 2.45) is 0 Å². The number of benzene rings is 2. The van der Waals surface area contributed by atoms with Crippen molar-refractivity contribution in [2.75, 3.05) is 0 Å². The third kappa shape index (κ3) is 3.99. The number of carbonyl (C=O) groups is 3. The summed E-state index contributed by atoms with van der Waals surface area (Å²) in [4.78, 5) is 35.3. The summed E-state index contributed by atoms with van der Waals surface area (Å²) in [7, 11) is 0. The average molecular weight is 351 g/mol. The van der Waals surface area contributed by atoms with E-state index >= 15 is 0 Å². The summed E-state index contributed by atoms with van der Waals surface area (Å²) < 4.78 is 5.26. The molecule has 0 spiro atoms. The second kappa shape index (κ2) is 7.95. The van der Waals surface area contributed by atoms with E-state index in [0.717, 1.165) is 24.8 Å². The number of aryl methyl sites for hydroxylation is 1. The molecule has 1 aliphatic carbocycles. The van der Waals surface area contributed by atoms with Gasteiger partial charge < -0.3 is 10.1 Å². The number of aldehydes is 1. The van der Waals surface area contributed by atoms with Crippen LogP contribution in [0.15, 0.2) is 48.5 Å². The SMILES string of the molecule is C[C@H](OC(=O)c1ccc(C=O)cc1)C(=O)N[C@H]1CCCc2ccccc21. The minimum Gasteiger partial charge on any atom is -0.449 e. The standard InChI is InChI=1S/C21H21NO4/c1-14(26-21(25)17-11-9-15(13-23)10-12-17)20(24)22-19-8-4-6-16-5-2-3-7-18(16)19/h2-3,5,7,9-14,19H,4,6,8H2,1H3,(H,22,24)/t14-,19-/m0/s1. The Kier molecular flexibility index (Phi) is 5.46. The van der Waals surface area contributed by atoms with Crippen LogP contribution < -0.4 is 5.32 Å². The van der Waals surface area contributed by atoms with Crippen LogP contribution in [-0.2, 0) is 16.0 Å². The Labute approximate surface area is 152 Å². The molecule has 0 saturated heterocycles. The van der Waals surface area contributed by atoms with E-state index in [4.69, 9.17) is 4.74 Å². The quantitative estimate of drug-likeness (QED) is 0.663. The van der Waals surface area contributed by atoms with Gasteiger partial charge in [0.1, 0.15) is 6.29 Å². The number of carbonyl (C=O) groups excluding carboxylic acids is 3. The van der Waals surface area contributed by atoms with Gasteiger partial charge in [-0.15, -0.1) is 0 Å². The zero-order valence-corrected chi connectivity index (χ0v) is 14.6. The van der Waals surface area contributed by atoms with E-state index in [1.54, 1.807) is 6.92 Å². The molecule has 1 aliphatic rings. The maximum Gasteiger partial charge on any atom is 0.338 e. The van der Waals surface area contributed by atoms with Gasteiger partial charge in [0.2, 0.25) is 0 Å². The molecular formula is C21H21NO4. The minimum atomic E-state index is -0.901. The Morgan fingerprint density at radius 2 is 1.88 bits per heavy atom. The highest BCUT2D eigenvalue weighted by Gasteiger charge is 2.25. The van der Waals surface area contributed by atoms with Crippen molar-refractivity contribution in [1.82, 2.24) is 5.32 Å². The Balaban J connectivity index is 1.61. The summed E-state index contributed by atoms with van der Waals surface area (Å²) in [5.74, 6) is -0.904. The molecule has 0 unspecified atom stereocenters. The number of rotatable bonds is 5. The third-order valence-electron chi connectivity index (χ3n) is 4.62. The number of hydrogen-bond donors (Lipinski definition) is 1. The maximum atomic E-state index is 12.5. The molecule has 1 amide bonds. The summed E-state index contributed by atoms with van der Waals surface area (Å²) in [6.07, 6.45) is 2.70. The fourth-order valence-electron chi connectivity index (χ4n) is 3.17. The second-order valence-electron chi connectivity index (χ2n) is 6.44. The highest BCUT2D eigenvalue weighted by Crippen LogP contribution is 2.29. The van der Waals surface area contributed by atoms with Crippen LogP contribution in [0, 0.1) is 0 Å². The number of amides is 1. The molecule has 2 aromatic rings. The first kappa shape index (κ1) is 17.9. The van der Waals surface area contributed by atoms with Crippen molar-refractivity contribution < 1.29 is 19.1 Å². The fraction of sp³-hybridized carbons (Fsp3) is 0.286. The van der Waals surface area contributed by atoms with Crippen molar-refractivity contribution in [1.29, 1.82) is 0 Å². The lowest BCUT2D eigenvalue weighted by Crippen LogP contribution is -2.39. The van der Waals surface area contributed by atoms with Crippen molar-refractivity contribution in [3.8, 4) is 0 Å². The number of esters is 1. The Morgan fingerprint density at radius 1 is 1.15 bits per heavy atom. The zero-order valence-electron chi connectivity index (χ0n) is 14.6. The van der Waals surface area contributed by atoms with Gasteiger partial charge in [0, 0.05) is 5.56 Å². The van der Waals surface area contributed by atoms with Crippen LogP contribution in [0.1, 0.15) is 57.7 Å². The van der Waals surface area contributed by atoms with E-state index in [0.29, 0.717) is 17.4 Å². The first-order valence-electron chi connectivity index (χ1n) is 8.73. The largest absolute Gasteiger partial charge is 0.449 e. The second-order valence-corrected chi connectivity index (χ2v) is 6.44. The number of nitrogens with one attached hydrogen (secondary N) is 1. The lowest BCUT2D eigenvalue weighted by molar-refractivity contribution is -0.130. The van der Waals surface area contributed by atoms with Crippen LogP contribution in [0.3, 0.4) is 0 Å². The highest BCUT2D eigenvalue weighted by molar-refractivity contribution is 5.93. The third-order valence-corrected chi connectivity index (χ3v) is 4.62. The smallest absolute Gasteiger partial charge is 0.338 e. The van der Waals surface area contributed by atoms with Gasteiger partial charge in [-0.1, -0.05) is 36.4 Å². The molecule has 0 aromatic heterocycles. The van der Waals surface area contributed by atoms with Gasteiger partial charge in [0.25, 0.3) is 5.91 Å². The van der Waals surface area contributed by atoms with E-state index in [9.17, 15) is 14.4 Å². The molecular weight excluding hydrogens is 330 g/mol. The molecule has 0 bridgehead atoms. The molecule has 0 radical (unpaired) electrons. The molecule has 26 heavy (non-hydrogen) atoms. The summed E-state index contributed by atoms with van der Waals surface area (Å²) >= 11 is 0. The monoisotopic (exact) mass is 351 g/mol. The van der Waals surface area contributed by atoms with Crippen molar-refractivity contribution in [3.63, 3.8) is 0 Å². The molecule has 5 nitrogen and oxygen atoms in total. The lowest BCUT2D eigenvalue weighted by Gasteiger charge is -2.27. The molecule has 0 aliphatic heterocycles. The minimum absolute atomic E-state index is 0.0551. The zero-order chi connectivity index (χ0) is 18.5. The summed E-state index contributed by atoms with van der Waals surface area (Å²) in [6.45, 7) is 1.56. The van der Waals surface area contributed by atoms with Crippen molar-refractivity contribution in [3.05, 3.63) is 70.8 Å². The molecule has 134 valence electrons. The Bertz CT molecular complexity index is 813. The van der Waals surface area contributed by atoms with Gasteiger partial charge >= 0.3 is 5.97 Å². The van der Waals surface area contributed by atoms with E-state index in [1.807, 2.05) is 18.2 Å². The van der Waals surface area contributed by atoms with Crippen molar-refractivity contribution >= 4 is 18.2 Å². The normalized spacial score (nSPS) is 16.9. The van der Waals surface area contributed by atoms with Crippen LogP contribution in [0.25, 0.3) is 0 Å². The van der Waals surface area contributed by atoms with E-state index in [1.165, 1.54) is 29.8 Å². The Hall–Kier alpha value is -2.95. The van der Waals surface area contributed by atoms with Crippen LogP contribution in [0.2, 0.25) is 0 Å². The van der Waals surface area contributed by atoms with Gasteiger partial charge in [-0.2, -0.15) is 0 Å². The van der Waals surface area contributed by atoms with Crippen molar-refractivity contribution in [2.45, 2.75) is 38.3 Å². The van der Waals surface area contributed by atoms with E-state index in [2.05, 4.69) is 11.4 Å². The predicted octanol–water partition coefficient (Wildman–Crippen LogP) is 3.24. The van der Waals surface area contributed by atoms with Gasteiger partial charge in [-0.05, 0) is 49.4 Å². The fourth-order valence-corrected chi connectivity index (χ4v) is 3.17. The molecule has 2 atom stereocenters. The topological polar surface area (TPSA) is 72.5 Å². The highest BCUT2D eigenvalue weighted by atomic mass is 16.5. The molecule has 3 rings (SSSR count). The predicted molar refractivity (Wildman–Crippen MR) is 97.0 cm³/mol. The Morgan fingerprint density at radius 3 is 2.62 bits per heavy atom. The van der Waals surface area contributed by atoms with Gasteiger partial charge in [0.15, 0.2) is 6.10 Å². The molecule has 0 heterocycles. The van der Waals surface area contributed by atoms with Gasteiger partial charge in [0.05, 0.1) is 11.6 Å². The summed E-state index contributed by atoms with van der Waals surface area (Å²) in [5, 5.41) is 2.99. The lowest BCUT2D eigenvalue weighted by atomic mass is 9.87. The number of hydrogen-bond acceptors (Lipinski definition) is 4. The first-order valence-corrected chi connectivity index (χ1v) is 8.73. The molecule has 0 fully saturated rings. The number of ether oxygens (including phenoxy) is 1.